The molecule has 1 aliphatic heterocycles. The van der Waals surface area contributed by atoms with E-state index in [1.165, 1.54) is 12.3 Å². The number of piperidine rings is 1. The number of aliphatic hydroxyl groups excluding tert-OH is 1. The molecule has 116 valence electrons. The van der Waals surface area contributed by atoms with Gasteiger partial charge in [-0.2, -0.15) is 0 Å². The Hall–Kier alpha value is -2.21. The van der Waals surface area contributed by atoms with Crippen molar-refractivity contribution in [1.29, 1.82) is 0 Å². The first-order valence-electron chi connectivity index (χ1n) is 7.27. The molecule has 6 heteroatoms. The molecule has 1 N–H and O–H groups in total. The Bertz CT molecular complexity index is 684. The molecule has 1 aliphatic rings. The van der Waals surface area contributed by atoms with Crippen LogP contribution < -0.4 is 4.74 Å². The highest BCUT2D eigenvalue weighted by atomic mass is 19.1. The number of hydrogen-bond donors (Lipinski definition) is 1. The number of carbonyl (C=O) groups excluding carboxylic acids is 1. The van der Waals surface area contributed by atoms with Gasteiger partial charge in [0.1, 0.15) is 17.1 Å². The number of rotatable bonds is 3. The van der Waals surface area contributed by atoms with Crippen molar-refractivity contribution in [2.24, 2.45) is 0 Å². The number of benzene rings is 1. The van der Waals surface area contributed by atoms with Crippen LogP contribution in [0.5, 0.6) is 5.75 Å². The molecule has 0 spiro atoms. The predicted molar refractivity (Wildman–Crippen MR) is 79.0 cm³/mol. The van der Waals surface area contributed by atoms with E-state index in [-0.39, 0.29) is 24.1 Å². The number of hydrogen-bond acceptors (Lipinski definition) is 4. The summed E-state index contributed by atoms with van der Waals surface area (Å²) < 4.78 is 19.2. The normalized spacial score (nSPS) is 16.0. The van der Waals surface area contributed by atoms with Gasteiger partial charge in [0.2, 0.25) is 0 Å². The van der Waals surface area contributed by atoms with E-state index in [0.29, 0.717) is 37.1 Å². The number of aromatic nitrogens is 1. The Labute approximate surface area is 127 Å². The van der Waals surface area contributed by atoms with Gasteiger partial charge in [0.25, 0.3) is 5.91 Å². The summed E-state index contributed by atoms with van der Waals surface area (Å²) in [5.41, 5.74) is 0.230. The molecule has 0 unspecified atom stereocenters. The van der Waals surface area contributed by atoms with E-state index in [2.05, 4.69) is 4.98 Å². The molecule has 0 atom stereocenters. The second kappa shape index (κ2) is 6.27. The second-order valence-electron chi connectivity index (χ2n) is 5.35. The number of likely N-dealkylation sites (tertiary alicyclic amines) is 1. The maximum atomic E-state index is 13.7. The Morgan fingerprint density at radius 1 is 1.36 bits per heavy atom. The third-order valence-corrected chi connectivity index (χ3v) is 3.85. The molecule has 1 aromatic carbocycles. The maximum absolute atomic E-state index is 13.7. The van der Waals surface area contributed by atoms with E-state index in [1.807, 2.05) is 0 Å². The number of nitrogens with zero attached hydrogens (tertiary/aromatic N) is 2. The van der Waals surface area contributed by atoms with Gasteiger partial charge < -0.3 is 14.7 Å². The minimum atomic E-state index is -0.417. The van der Waals surface area contributed by atoms with Crippen molar-refractivity contribution < 1.29 is 19.0 Å². The van der Waals surface area contributed by atoms with Gasteiger partial charge in [-0.3, -0.25) is 9.78 Å². The van der Waals surface area contributed by atoms with Crippen molar-refractivity contribution in [3.63, 3.8) is 0 Å². The number of fused-ring (bicyclic) bond motifs is 1. The third kappa shape index (κ3) is 3.01. The standard InChI is InChI=1S/C16H17FN2O3/c17-13-3-1-2-12-14(4-7-18-16(12)13)22-10-15(21)19-8-5-11(20)6-9-19/h1-4,7,11,20H,5-6,8-10H2. The number of carbonyl (C=O) groups is 1. The fourth-order valence-electron chi connectivity index (χ4n) is 2.59. The van der Waals surface area contributed by atoms with Crippen LogP contribution in [0.15, 0.2) is 30.5 Å². The van der Waals surface area contributed by atoms with Crippen molar-refractivity contribution >= 4 is 16.8 Å². The maximum Gasteiger partial charge on any atom is 0.260 e. The summed E-state index contributed by atoms with van der Waals surface area (Å²) in [6.07, 6.45) is 2.32. The molecule has 5 nitrogen and oxygen atoms in total. The Kier molecular flexibility index (Phi) is 4.20. The Balaban J connectivity index is 1.69. The summed E-state index contributed by atoms with van der Waals surface area (Å²) >= 11 is 0. The summed E-state index contributed by atoms with van der Waals surface area (Å²) in [6, 6.07) is 6.25. The molecule has 22 heavy (non-hydrogen) atoms. The molecule has 3 rings (SSSR count). The fourth-order valence-corrected chi connectivity index (χ4v) is 2.59. The number of ether oxygens (including phenoxy) is 1. The van der Waals surface area contributed by atoms with E-state index in [9.17, 15) is 14.3 Å². The summed E-state index contributed by atoms with van der Waals surface area (Å²) in [5.74, 6) is -0.109. The highest BCUT2D eigenvalue weighted by molar-refractivity contribution is 5.86. The lowest BCUT2D eigenvalue weighted by atomic mass is 10.1. The summed E-state index contributed by atoms with van der Waals surface area (Å²) in [6.45, 7) is 0.968. The van der Waals surface area contributed by atoms with Gasteiger partial charge in [-0.1, -0.05) is 6.07 Å². The first-order valence-corrected chi connectivity index (χ1v) is 7.27. The number of aliphatic hydroxyl groups is 1. The number of pyridine rings is 1. The van der Waals surface area contributed by atoms with Crippen molar-refractivity contribution in [3.05, 3.63) is 36.3 Å². The van der Waals surface area contributed by atoms with Crippen LogP contribution in [0, 0.1) is 5.82 Å². The van der Waals surface area contributed by atoms with Crippen molar-refractivity contribution in [3.8, 4) is 5.75 Å². The topological polar surface area (TPSA) is 62.7 Å². The zero-order valence-corrected chi connectivity index (χ0v) is 12.0. The van der Waals surface area contributed by atoms with E-state index >= 15 is 0 Å². The van der Waals surface area contributed by atoms with Crippen LogP contribution in [0.3, 0.4) is 0 Å². The summed E-state index contributed by atoms with van der Waals surface area (Å²) in [5, 5.41) is 10.00. The fraction of sp³-hybridized carbons (Fsp3) is 0.375. The lowest BCUT2D eigenvalue weighted by molar-refractivity contribution is -0.135. The molecule has 0 bridgehead atoms. The molecule has 1 fully saturated rings. The van der Waals surface area contributed by atoms with Gasteiger partial charge >= 0.3 is 0 Å². The van der Waals surface area contributed by atoms with Gasteiger partial charge in [-0.05, 0) is 31.0 Å². The van der Waals surface area contributed by atoms with Gasteiger partial charge in [0.15, 0.2) is 6.61 Å². The highest BCUT2D eigenvalue weighted by Gasteiger charge is 2.21. The van der Waals surface area contributed by atoms with Gasteiger partial charge in [-0.15, -0.1) is 0 Å². The monoisotopic (exact) mass is 304 g/mol. The quantitative estimate of drug-likeness (QED) is 0.938. The van der Waals surface area contributed by atoms with Crippen LogP contribution in [-0.4, -0.2) is 46.7 Å². The summed E-state index contributed by atoms with van der Waals surface area (Å²) in [7, 11) is 0. The van der Waals surface area contributed by atoms with E-state index in [0.717, 1.165) is 0 Å². The molecule has 1 amide bonds. The molecule has 0 saturated carbocycles. The lowest BCUT2D eigenvalue weighted by Crippen LogP contribution is -2.42. The second-order valence-corrected chi connectivity index (χ2v) is 5.35. The first kappa shape index (κ1) is 14.7. The SMILES string of the molecule is O=C(COc1ccnc2c(F)cccc12)N1CCC(O)CC1. The molecule has 1 saturated heterocycles. The Morgan fingerprint density at radius 2 is 2.14 bits per heavy atom. The zero-order valence-electron chi connectivity index (χ0n) is 12.0. The van der Waals surface area contributed by atoms with Crippen LogP contribution in [0.1, 0.15) is 12.8 Å². The number of halogens is 1. The van der Waals surface area contributed by atoms with E-state index < -0.39 is 5.82 Å². The molecular weight excluding hydrogens is 287 g/mol. The molecule has 1 aromatic heterocycles. The predicted octanol–water partition coefficient (Wildman–Crippen LogP) is 1.74. The average Bonchev–Trinajstić information content (AvgIpc) is 2.54. The van der Waals surface area contributed by atoms with Gasteiger partial charge in [0, 0.05) is 24.7 Å². The van der Waals surface area contributed by atoms with Crippen molar-refractivity contribution in [1.82, 2.24) is 9.88 Å². The largest absolute Gasteiger partial charge is 0.483 e. The van der Waals surface area contributed by atoms with Crippen LogP contribution in [-0.2, 0) is 4.79 Å². The molecular formula is C16H17FN2O3. The minimum absolute atomic E-state index is 0.105. The highest BCUT2D eigenvalue weighted by Crippen LogP contribution is 2.25. The Morgan fingerprint density at radius 3 is 2.91 bits per heavy atom. The third-order valence-electron chi connectivity index (χ3n) is 3.85. The number of para-hydroxylation sites is 1. The lowest BCUT2D eigenvalue weighted by Gasteiger charge is -2.29. The van der Waals surface area contributed by atoms with Crippen LogP contribution in [0.25, 0.3) is 10.9 Å². The number of amides is 1. The molecule has 0 radical (unpaired) electrons. The minimum Gasteiger partial charge on any atom is -0.483 e. The smallest absolute Gasteiger partial charge is 0.260 e. The van der Waals surface area contributed by atoms with Gasteiger partial charge in [0.05, 0.1) is 6.10 Å². The van der Waals surface area contributed by atoms with Crippen LogP contribution in [0.4, 0.5) is 4.39 Å². The molecule has 2 aromatic rings. The van der Waals surface area contributed by atoms with Crippen molar-refractivity contribution in [2.75, 3.05) is 19.7 Å². The average molecular weight is 304 g/mol. The van der Waals surface area contributed by atoms with Crippen LogP contribution >= 0.6 is 0 Å². The first-order chi connectivity index (χ1) is 10.6. The van der Waals surface area contributed by atoms with Crippen LogP contribution in [0.2, 0.25) is 0 Å². The molecule has 0 aliphatic carbocycles. The zero-order chi connectivity index (χ0) is 15.5. The van der Waals surface area contributed by atoms with Crippen molar-refractivity contribution in [2.45, 2.75) is 18.9 Å². The van der Waals surface area contributed by atoms with Gasteiger partial charge in [-0.25, -0.2) is 4.39 Å². The summed E-state index contributed by atoms with van der Waals surface area (Å²) in [4.78, 5) is 17.8. The van der Waals surface area contributed by atoms with E-state index in [1.54, 1.807) is 23.1 Å². The van der Waals surface area contributed by atoms with E-state index in [4.69, 9.17) is 4.74 Å². The molecule has 2 heterocycles.